The summed E-state index contributed by atoms with van der Waals surface area (Å²) in [6.45, 7) is 10.3. The molecular formula is C24H32N2O2. The second-order valence-electron chi connectivity index (χ2n) is 7.66. The van der Waals surface area contributed by atoms with E-state index in [1.165, 1.54) is 5.56 Å². The minimum atomic E-state index is -0.534. The molecule has 0 spiro atoms. The predicted octanol–water partition coefficient (Wildman–Crippen LogP) is 4.18. The molecule has 2 rings (SSSR count). The van der Waals surface area contributed by atoms with E-state index >= 15 is 0 Å². The lowest BCUT2D eigenvalue weighted by Crippen LogP contribution is -2.49. The maximum atomic E-state index is 13.1. The predicted molar refractivity (Wildman–Crippen MR) is 114 cm³/mol. The summed E-state index contributed by atoms with van der Waals surface area (Å²) in [5, 5.41) is 3.00. The number of benzene rings is 2. The van der Waals surface area contributed by atoms with Gasteiger partial charge in [-0.05, 0) is 45.2 Å². The third-order valence-corrected chi connectivity index (χ3v) is 5.12. The highest BCUT2D eigenvalue weighted by atomic mass is 16.2. The van der Waals surface area contributed by atoms with Gasteiger partial charge >= 0.3 is 0 Å². The Morgan fingerprint density at radius 3 is 1.89 bits per heavy atom. The zero-order valence-electron chi connectivity index (χ0n) is 17.7. The van der Waals surface area contributed by atoms with Gasteiger partial charge in [0.25, 0.3) is 0 Å². The molecule has 0 saturated heterocycles. The van der Waals surface area contributed by atoms with Crippen molar-refractivity contribution in [2.24, 2.45) is 0 Å². The van der Waals surface area contributed by atoms with Crippen molar-refractivity contribution in [3.63, 3.8) is 0 Å². The highest BCUT2D eigenvalue weighted by molar-refractivity contribution is 5.88. The van der Waals surface area contributed by atoms with Crippen LogP contribution in [-0.2, 0) is 22.6 Å². The fraction of sp³-hybridized carbons (Fsp3) is 0.417. The number of carbonyl (C=O) groups is 2. The average molecular weight is 381 g/mol. The number of amides is 2. The summed E-state index contributed by atoms with van der Waals surface area (Å²) in [5.74, 6) is -0.157. The van der Waals surface area contributed by atoms with E-state index in [4.69, 9.17) is 0 Å². The SMILES string of the molecule is CC[C@H](C)NC(=O)[C@H](C)N(Cc1ccc(C)cc1)C(=O)Cc1ccc(C)cc1. The van der Waals surface area contributed by atoms with Gasteiger partial charge < -0.3 is 10.2 Å². The van der Waals surface area contributed by atoms with E-state index in [9.17, 15) is 9.59 Å². The second kappa shape index (κ2) is 10.1. The molecule has 0 aliphatic carbocycles. The molecule has 0 fully saturated rings. The third kappa shape index (κ3) is 6.22. The maximum absolute atomic E-state index is 13.1. The van der Waals surface area contributed by atoms with Gasteiger partial charge in [-0.1, -0.05) is 66.6 Å². The first-order valence-electron chi connectivity index (χ1n) is 10.0. The van der Waals surface area contributed by atoms with Gasteiger partial charge in [-0.15, -0.1) is 0 Å². The molecule has 0 saturated carbocycles. The largest absolute Gasteiger partial charge is 0.352 e. The Kier molecular flexibility index (Phi) is 7.80. The fourth-order valence-electron chi connectivity index (χ4n) is 2.92. The molecule has 0 radical (unpaired) electrons. The molecule has 4 heteroatoms. The second-order valence-corrected chi connectivity index (χ2v) is 7.66. The maximum Gasteiger partial charge on any atom is 0.242 e. The molecule has 2 amide bonds. The van der Waals surface area contributed by atoms with Crippen molar-refractivity contribution >= 4 is 11.8 Å². The van der Waals surface area contributed by atoms with Crippen LogP contribution in [0.4, 0.5) is 0 Å². The van der Waals surface area contributed by atoms with Gasteiger partial charge in [0, 0.05) is 12.6 Å². The number of aryl methyl sites for hydroxylation is 2. The highest BCUT2D eigenvalue weighted by Crippen LogP contribution is 2.14. The van der Waals surface area contributed by atoms with E-state index in [2.05, 4.69) is 5.32 Å². The minimum Gasteiger partial charge on any atom is -0.352 e. The van der Waals surface area contributed by atoms with Gasteiger partial charge in [0.2, 0.25) is 11.8 Å². The van der Waals surface area contributed by atoms with Crippen LogP contribution in [0.1, 0.15) is 49.4 Å². The summed E-state index contributed by atoms with van der Waals surface area (Å²) in [6.07, 6.45) is 1.14. The molecule has 28 heavy (non-hydrogen) atoms. The van der Waals surface area contributed by atoms with Crippen molar-refractivity contribution in [3.05, 3.63) is 70.8 Å². The Morgan fingerprint density at radius 1 is 0.893 bits per heavy atom. The lowest BCUT2D eigenvalue weighted by Gasteiger charge is -2.30. The van der Waals surface area contributed by atoms with Crippen LogP contribution in [0.5, 0.6) is 0 Å². The smallest absolute Gasteiger partial charge is 0.242 e. The molecule has 2 atom stereocenters. The quantitative estimate of drug-likeness (QED) is 0.747. The number of carbonyl (C=O) groups excluding carboxylic acids is 2. The summed E-state index contributed by atoms with van der Waals surface area (Å²) in [6, 6.07) is 15.6. The molecule has 0 heterocycles. The standard InChI is InChI=1S/C24H32N2O2/c1-6-19(4)25-24(28)20(5)26(16-22-13-9-18(3)10-14-22)23(27)15-21-11-7-17(2)8-12-21/h7-14,19-20H,6,15-16H2,1-5H3,(H,25,28)/t19-,20-/m0/s1. The zero-order valence-corrected chi connectivity index (χ0v) is 17.7. The number of hydrogen-bond donors (Lipinski definition) is 1. The fourth-order valence-corrected chi connectivity index (χ4v) is 2.92. The van der Waals surface area contributed by atoms with Gasteiger partial charge in [0.05, 0.1) is 6.42 Å². The van der Waals surface area contributed by atoms with Crippen molar-refractivity contribution in [3.8, 4) is 0 Å². The highest BCUT2D eigenvalue weighted by Gasteiger charge is 2.26. The van der Waals surface area contributed by atoms with E-state index < -0.39 is 6.04 Å². The van der Waals surface area contributed by atoms with Crippen molar-refractivity contribution in [2.45, 2.75) is 66.1 Å². The molecule has 4 nitrogen and oxygen atoms in total. The van der Waals surface area contributed by atoms with Gasteiger partial charge in [-0.2, -0.15) is 0 Å². The summed E-state index contributed by atoms with van der Waals surface area (Å²) in [5.41, 5.74) is 4.31. The summed E-state index contributed by atoms with van der Waals surface area (Å²) in [4.78, 5) is 27.5. The third-order valence-electron chi connectivity index (χ3n) is 5.12. The molecule has 0 aliphatic heterocycles. The van der Waals surface area contributed by atoms with Crippen LogP contribution in [0.2, 0.25) is 0 Å². The molecule has 1 N–H and O–H groups in total. The van der Waals surface area contributed by atoms with Gasteiger partial charge in [0.15, 0.2) is 0 Å². The van der Waals surface area contributed by atoms with E-state index in [0.717, 1.165) is 23.1 Å². The van der Waals surface area contributed by atoms with Crippen molar-refractivity contribution in [1.82, 2.24) is 10.2 Å². The lowest BCUT2D eigenvalue weighted by molar-refractivity contribution is -0.140. The molecule has 0 aliphatic rings. The Balaban J connectivity index is 2.20. The van der Waals surface area contributed by atoms with Gasteiger partial charge in [-0.25, -0.2) is 0 Å². The minimum absolute atomic E-state index is 0.0452. The lowest BCUT2D eigenvalue weighted by atomic mass is 10.1. The number of nitrogens with one attached hydrogen (secondary N) is 1. The zero-order chi connectivity index (χ0) is 20.7. The number of hydrogen-bond acceptors (Lipinski definition) is 2. The Labute approximate surface area is 169 Å². The van der Waals surface area contributed by atoms with Crippen molar-refractivity contribution < 1.29 is 9.59 Å². The molecule has 0 bridgehead atoms. The summed E-state index contributed by atoms with van der Waals surface area (Å²) >= 11 is 0. The van der Waals surface area contributed by atoms with E-state index in [-0.39, 0.29) is 24.3 Å². The molecular weight excluding hydrogens is 348 g/mol. The Bertz CT molecular complexity index is 781. The average Bonchev–Trinajstić information content (AvgIpc) is 2.68. The number of nitrogens with zero attached hydrogens (tertiary/aromatic N) is 1. The molecule has 2 aromatic rings. The first-order chi connectivity index (χ1) is 13.3. The molecule has 2 aromatic carbocycles. The van der Waals surface area contributed by atoms with E-state index in [1.807, 2.05) is 76.2 Å². The monoisotopic (exact) mass is 380 g/mol. The molecule has 0 unspecified atom stereocenters. The van der Waals surface area contributed by atoms with Crippen LogP contribution in [0.15, 0.2) is 48.5 Å². The summed E-state index contributed by atoms with van der Waals surface area (Å²) in [7, 11) is 0. The number of rotatable bonds is 8. The normalized spacial score (nSPS) is 12.9. The van der Waals surface area contributed by atoms with Crippen LogP contribution < -0.4 is 5.32 Å². The van der Waals surface area contributed by atoms with Gasteiger partial charge in [0.1, 0.15) is 6.04 Å². The van der Waals surface area contributed by atoms with Crippen LogP contribution in [-0.4, -0.2) is 28.8 Å². The Hall–Kier alpha value is -2.62. The first kappa shape index (κ1) is 21.7. The van der Waals surface area contributed by atoms with E-state index in [0.29, 0.717) is 6.54 Å². The van der Waals surface area contributed by atoms with Crippen LogP contribution >= 0.6 is 0 Å². The molecule has 0 aromatic heterocycles. The van der Waals surface area contributed by atoms with Gasteiger partial charge in [-0.3, -0.25) is 9.59 Å². The topological polar surface area (TPSA) is 49.4 Å². The molecule has 150 valence electrons. The van der Waals surface area contributed by atoms with E-state index in [1.54, 1.807) is 11.8 Å². The van der Waals surface area contributed by atoms with Crippen molar-refractivity contribution in [1.29, 1.82) is 0 Å². The van der Waals surface area contributed by atoms with Crippen LogP contribution in [0.25, 0.3) is 0 Å². The summed E-state index contributed by atoms with van der Waals surface area (Å²) < 4.78 is 0. The Morgan fingerprint density at radius 2 is 1.39 bits per heavy atom. The van der Waals surface area contributed by atoms with Crippen LogP contribution in [0.3, 0.4) is 0 Å². The van der Waals surface area contributed by atoms with Crippen molar-refractivity contribution in [2.75, 3.05) is 0 Å². The van der Waals surface area contributed by atoms with Crippen LogP contribution in [0, 0.1) is 13.8 Å². The first-order valence-corrected chi connectivity index (χ1v) is 10.0.